The van der Waals surface area contributed by atoms with Gasteiger partial charge in [0.2, 0.25) is 5.91 Å². The van der Waals surface area contributed by atoms with Crippen molar-refractivity contribution in [3.8, 4) is 0 Å². The van der Waals surface area contributed by atoms with E-state index in [0.717, 1.165) is 50.8 Å². The normalized spacial score (nSPS) is 33.7. The van der Waals surface area contributed by atoms with E-state index in [9.17, 15) is 18.0 Å². The van der Waals surface area contributed by atoms with Gasteiger partial charge in [-0.3, -0.25) is 4.79 Å². The van der Waals surface area contributed by atoms with E-state index in [0.29, 0.717) is 12.2 Å². The molecule has 23 heavy (non-hydrogen) atoms. The molecule has 3 fully saturated rings. The Morgan fingerprint density at radius 1 is 1.00 bits per heavy atom. The molecule has 0 radical (unpaired) electrons. The van der Waals surface area contributed by atoms with E-state index in [1.165, 1.54) is 12.1 Å². The molecular formula is C17H18F3NO2. The lowest BCUT2D eigenvalue weighted by Gasteiger charge is -2.34. The second-order valence-electron chi connectivity index (χ2n) is 7.00. The molecule has 2 aliphatic heterocycles. The molecule has 0 N–H and O–H groups in total. The summed E-state index contributed by atoms with van der Waals surface area (Å²) in [5, 5.41) is 0. The third kappa shape index (κ3) is 2.43. The fraction of sp³-hybridized carbons (Fsp3) is 0.588. The van der Waals surface area contributed by atoms with Crippen LogP contribution in [0.4, 0.5) is 18.9 Å². The summed E-state index contributed by atoms with van der Waals surface area (Å²) in [7, 11) is 0. The van der Waals surface area contributed by atoms with Crippen molar-refractivity contribution in [3.05, 3.63) is 29.8 Å². The van der Waals surface area contributed by atoms with Crippen LogP contribution >= 0.6 is 0 Å². The largest absolute Gasteiger partial charge is 0.416 e. The first-order valence-corrected chi connectivity index (χ1v) is 7.97. The van der Waals surface area contributed by atoms with Gasteiger partial charge in [0.25, 0.3) is 0 Å². The zero-order valence-corrected chi connectivity index (χ0v) is 12.7. The number of anilines is 1. The first-order valence-electron chi connectivity index (χ1n) is 7.97. The second kappa shape index (κ2) is 4.72. The topological polar surface area (TPSA) is 32.8 Å². The van der Waals surface area contributed by atoms with Crippen LogP contribution in [0.1, 0.15) is 37.7 Å². The minimum atomic E-state index is -4.35. The highest BCUT2D eigenvalue weighted by Gasteiger charge is 2.56. The summed E-state index contributed by atoms with van der Waals surface area (Å²) in [5.74, 6) is 0.0627. The maximum Gasteiger partial charge on any atom is 0.416 e. The SMILES string of the molecule is O=C1N(c2ccc(C(F)(F)F)cc2)CC[C@]12CC[C@]1(CC2)CO1. The van der Waals surface area contributed by atoms with Crippen LogP contribution in [0.15, 0.2) is 24.3 Å². The van der Waals surface area contributed by atoms with E-state index < -0.39 is 11.7 Å². The summed E-state index contributed by atoms with van der Waals surface area (Å²) in [4.78, 5) is 14.5. The van der Waals surface area contributed by atoms with Crippen LogP contribution in [0.5, 0.6) is 0 Å². The van der Waals surface area contributed by atoms with Gasteiger partial charge in [-0.05, 0) is 56.4 Å². The third-order valence-electron chi connectivity index (χ3n) is 5.69. The summed E-state index contributed by atoms with van der Waals surface area (Å²) in [5.41, 5.74) is -0.427. The maximum atomic E-state index is 12.9. The minimum absolute atomic E-state index is 0.0350. The summed E-state index contributed by atoms with van der Waals surface area (Å²) in [6.45, 7) is 1.39. The number of amides is 1. The molecule has 2 saturated heterocycles. The lowest BCUT2D eigenvalue weighted by Crippen LogP contribution is -2.39. The van der Waals surface area contributed by atoms with Gasteiger partial charge in [-0.25, -0.2) is 0 Å². The molecule has 2 heterocycles. The molecule has 3 nitrogen and oxygen atoms in total. The Morgan fingerprint density at radius 2 is 1.61 bits per heavy atom. The molecule has 1 aliphatic carbocycles. The lowest BCUT2D eigenvalue weighted by atomic mass is 9.69. The van der Waals surface area contributed by atoms with Crippen LogP contribution in [0, 0.1) is 5.41 Å². The lowest BCUT2D eigenvalue weighted by molar-refractivity contribution is -0.137. The Hall–Kier alpha value is -1.56. The third-order valence-corrected chi connectivity index (χ3v) is 5.69. The van der Waals surface area contributed by atoms with Gasteiger partial charge >= 0.3 is 6.18 Å². The molecule has 1 aromatic carbocycles. The van der Waals surface area contributed by atoms with Crippen LogP contribution in [-0.2, 0) is 15.7 Å². The summed E-state index contributed by atoms with van der Waals surface area (Å²) < 4.78 is 43.4. The van der Waals surface area contributed by atoms with E-state index in [2.05, 4.69) is 0 Å². The number of benzene rings is 1. The van der Waals surface area contributed by atoms with Crippen molar-refractivity contribution in [2.75, 3.05) is 18.1 Å². The van der Waals surface area contributed by atoms with Crippen molar-refractivity contribution >= 4 is 11.6 Å². The molecule has 6 heteroatoms. The Kier molecular flexibility index (Phi) is 3.08. The number of alkyl halides is 3. The molecule has 4 rings (SSSR count). The second-order valence-corrected chi connectivity index (χ2v) is 7.00. The number of hydrogen-bond donors (Lipinski definition) is 0. The van der Waals surface area contributed by atoms with Crippen molar-refractivity contribution in [3.63, 3.8) is 0 Å². The minimum Gasteiger partial charge on any atom is -0.370 e. The predicted octanol–water partition coefficient (Wildman–Crippen LogP) is 3.77. The predicted molar refractivity (Wildman–Crippen MR) is 78.0 cm³/mol. The first-order chi connectivity index (χ1) is 10.8. The van der Waals surface area contributed by atoms with Crippen LogP contribution < -0.4 is 4.90 Å². The maximum absolute atomic E-state index is 12.9. The Morgan fingerprint density at radius 3 is 2.13 bits per heavy atom. The number of hydrogen-bond acceptors (Lipinski definition) is 2. The van der Waals surface area contributed by atoms with Gasteiger partial charge in [0.05, 0.1) is 23.2 Å². The van der Waals surface area contributed by atoms with Gasteiger partial charge in [-0.2, -0.15) is 13.2 Å². The number of carbonyl (C=O) groups excluding carboxylic acids is 1. The molecule has 0 bridgehead atoms. The highest BCUT2D eigenvalue weighted by Crippen LogP contribution is 2.53. The number of rotatable bonds is 1. The van der Waals surface area contributed by atoms with E-state index in [1.54, 1.807) is 4.90 Å². The highest BCUT2D eigenvalue weighted by atomic mass is 19.4. The number of halogens is 3. The zero-order chi connectivity index (χ0) is 16.3. The summed E-state index contributed by atoms with van der Waals surface area (Å²) in [6.07, 6.45) is -0.0925. The molecule has 0 atom stereocenters. The summed E-state index contributed by atoms with van der Waals surface area (Å²) >= 11 is 0. The van der Waals surface area contributed by atoms with E-state index >= 15 is 0 Å². The molecular weight excluding hydrogens is 307 g/mol. The van der Waals surface area contributed by atoms with Gasteiger partial charge in [0.15, 0.2) is 0 Å². The number of carbonyl (C=O) groups is 1. The fourth-order valence-electron chi connectivity index (χ4n) is 3.94. The molecule has 3 aliphatic rings. The highest BCUT2D eigenvalue weighted by molar-refractivity contribution is 6.00. The Balaban J connectivity index is 1.51. The molecule has 1 saturated carbocycles. The van der Waals surface area contributed by atoms with Gasteiger partial charge in [-0.1, -0.05) is 0 Å². The molecule has 1 amide bonds. The average Bonchev–Trinajstić information content (AvgIpc) is 3.21. The number of epoxide rings is 1. The van der Waals surface area contributed by atoms with Crippen LogP contribution in [0.2, 0.25) is 0 Å². The van der Waals surface area contributed by atoms with E-state index in [-0.39, 0.29) is 16.9 Å². The van der Waals surface area contributed by atoms with Crippen LogP contribution in [0.25, 0.3) is 0 Å². The average molecular weight is 325 g/mol. The standard InChI is InChI=1S/C17H18F3NO2/c18-17(19,20)12-1-3-13(4-2-12)21-10-9-15(14(21)22)5-7-16(8-6-15)11-23-16/h1-4H,5-11H2/t15-,16+. The van der Waals surface area contributed by atoms with Gasteiger partial charge in [0, 0.05) is 12.2 Å². The quantitative estimate of drug-likeness (QED) is 0.736. The molecule has 0 unspecified atom stereocenters. The molecule has 124 valence electrons. The van der Waals surface area contributed by atoms with Crippen molar-refractivity contribution in [2.24, 2.45) is 5.41 Å². The first kappa shape index (κ1) is 15.0. The molecule has 1 aromatic rings. The van der Waals surface area contributed by atoms with Gasteiger partial charge in [-0.15, -0.1) is 0 Å². The fourth-order valence-corrected chi connectivity index (χ4v) is 3.94. The Labute approximate surface area is 132 Å². The molecule has 0 aromatic heterocycles. The smallest absolute Gasteiger partial charge is 0.370 e. The van der Waals surface area contributed by atoms with Crippen LogP contribution in [0.3, 0.4) is 0 Å². The van der Waals surface area contributed by atoms with Gasteiger partial charge < -0.3 is 9.64 Å². The number of ether oxygens (including phenoxy) is 1. The molecule has 2 spiro atoms. The van der Waals surface area contributed by atoms with Crippen molar-refractivity contribution in [1.29, 1.82) is 0 Å². The Bertz CT molecular complexity index is 624. The zero-order valence-electron chi connectivity index (χ0n) is 12.7. The number of nitrogens with zero attached hydrogens (tertiary/aromatic N) is 1. The summed E-state index contributed by atoms with van der Waals surface area (Å²) in [6, 6.07) is 4.88. The van der Waals surface area contributed by atoms with Crippen LogP contribution in [-0.4, -0.2) is 24.7 Å². The van der Waals surface area contributed by atoms with Gasteiger partial charge in [0.1, 0.15) is 0 Å². The van der Waals surface area contributed by atoms with E-state index in [4.69, 9.17) is 4.74 Å². The monoisotopic (exact) mass is 325 g/mol. The van der Waals surface area contributed by atoms with E-state index in [1.807, 2.05) is 0 Å². The van der Waals surface area contributed by atoms with Crippen molar-refractivity contribution in [1.82, 2.24) is 0 Å². The van der Waals surface area contributed by atoms with Crippen molar-refractivity contribution in [2.45, 2.75) is 43.9 Å². The van der Waals surface area contributed by atoms with Crippen molar-refractivity contribution < 1.29 is 22.7 Å².